The third kappa shape index (κ3) is 2.98. The van der Waals surface area contributed by atoms with Gasteiger partial charge in [0.15, 0.2) is 5.76 Å². The average Bonchev–Trinajstić information content (AvgIpc) is 3.31. The van der Waals surface area contributed by atoms with E-state index in [4.69, 9.17) is 4.42 Å². The van der Waals surface area contributed by atoms with Crippen LogP contribution in [0.2, 0.25) is 0 Å². The van der Waals surface area contributed by atoms with E-state index in [0.29, 0.717) is 18.3 Å². The Kier molecular flexibility index (Phi) is 4.25. The molecule has 6 nitrogen and oxygen atoms in total. The summed E-state index contributed by atoms with van der Waals surface area (Å²) in [6.07, 6.45) is 0. The van der Waals surface area contributed by atoms with Crippen LogP contribution >= 0.6 is 0 Å². The number of rotatable bonds is 5. The SMILES string of the molecule is O=C(NCc1ccccc1)c1ccc(-n2c(CO)nc3ccccc32)o1. The van der Waals surface area contributed by atoms with Crippen LogP contribution < -0.4 is 5.32 Å². The van der Waals surface area contributed by atoms with Crippen LogP contribution in [-0.4, -0.2) is 20.6 Å². The fourth-order valence-electron chi connectivity index (χ4n) is 2.86. The standard InChI is InChI=1S/C20H17N3O3/c24-13-18-22-15-8-4-5-9-16(15)23(18)19-11-10-17(26-19)20(25)21-12-14-6-2-1-3-7-14/h1-11,24H,12-13H2,(H,21,25). The van der Waals surface area contributed by atoms with Crippen LogP contribution in [0.5, 0.6) is 0 Å². The number of furan rings is 1. The van der Waals surface area contributed by atoms with Gasteiger partial charge in [-0.25, -0.2) is 4.98 Å². The predicted molar refractivity (Wildman–Crippen MR) is 96.9 cm³/mol. The summed E-state index contributed by atoms with van der Waals surface area (Å²) in [5, 5.41) is 12.4. The molecule has 2 N–H and O–H groups in total. The van der Waals surface area contributed by atoms with Gasteiger partial charge in [0.2, 0.25) is 5.88 Å². The molecule has 4 aromatic rings. The molecule has 0 saturated heterocycles. The molecule has 1 amide bonds. The maximum Gasteiger partial charge on any atom is 0.287 e. The van der Waals surface area contributed by atoms with Gasteiger partial charge in [0, 0.05) is 12.6 Å². The van der Waals surface area contributed by atoms with E-state index in [2.05, 4.69) is 10.3 Å². The summed E-state index contributed by atoms with van der Waals surface area (Å²) in [6.45, 7) is 0.191. The van der Waals surface area contributed by atoms with Crippen LogP contribution in [0, 0.1) is 0 Å². The fourth-order valence-corrected chi connectivity index (χ4v) is 2.86. The molecule has 130 valence electrons. The number of aliphatic hydroxyl groups is 1. The summed E-state index contributed by atoms with van der Waals surface area (Å²) in [7, 11) is 0. The second-order valence-corrected chi connectivity index (χ2v) is 5.82. The Morgan fingerprint density at radius 2 is 1.81 bits per heavy atom. The van der Waals surface area contributed by atoms with E-state index in [9.17, 15) is 9.90 Å². The first kappa shape index (κ1) is 16.1. The minimum absolute atomic E-state index is 0.206. The number of para-hydroxylation sites is 2. The molecule has 4 rings (SSSR count). The van der Waals surface area contributed by atoms with Crippen LogP contribution in [-0.2, 0) is 13.2 Å². The molecule has 0 saturated carbocycles. The number of imidazole rings is 1. The minimum Gasteiger partial charge on any atom is -0.435 e. The molecule has 0 bridgehead atoms. The molecule has 2 heterocycles. The zero-order valence-electron chi connectivity index (χ0n) is 13.9. The van der Waals surface area contributed by atoms with Gasteiger partial charge in [0.25, 0.3) is 5.91 Å². The van der Waals surface area contributed by atoms with Crippen LogP contribution in [0.3, 0.4) is 0 Å². The van der Waals surface area contributed by atoms with Crippen LogP contribution in [0.4, 0.5) is 0 Å². The minimum atomic E-state index is -0.296. The summed E-state index contributed by atoms with van der Waals surface area (Å²) in [4.78, 5) is 16.7. The number of benzene rings is 2. The molecule has 0 aliphatic heterocycles. The number of carbonyl (C=O) groups is 1. The normalized spacial score (nSPS) is 11.0. The highest BCUT2D eigenvalue weighted by molar-refractivity contribution is 5.91. The number of fused-ring (bicyclic) bond motifs is 1. The number of carbonyl (C=O) groups excluding carboxylic acids is 1. The average molecular weight is 347 g/mol. The highest BCUT2D eigenvalue weighted by Crippen LogP contribution is 2.23. The molecule has 0 fully saturated rings. The molecular weight excluding hydrogens is 330 g/mol. The first-order valence-corrected chi connectivity index (χ1v) is 8.26. The van der Waals surface area contributed by atoms with Gasteiger partial charge in [-0.2, -0.15) is 0 Å². The first-order valence-electron chi connectivity index (χ1n) is 8.26. The second-order valence-electron chi connectivity index (χ2n) is 5.82. The Hall–Kier alpha value is -3.38. The van der Waals surface area contributed by atoms with E-state index >= 15 is 0 Å². The van der Waals surface area contributed by atoms with Crippen molar-refractivity contribution in [2.75, 3.05) is 0 Å². The lowest BCUT2D eigenvalue weighted by molar-refractivity contribution is 0.0923. The Morgan fingerprint density at radius 1 is 1.04 bits per heavy atom. The summed E-state index contributed by atoms with van der Waals surface area (Å²) in [5.74, 6) is 0.803. The Morgan fingerprint density at radius 3 is 2.62 bits per heavy atom. The quantitative estimate of drug-likeness (QED) is 0.581. The van der Waals surface area contributed by atoms with Crippen molar-refractivity contribution in [3.63, 3.8) is 0 Å². The van der Waals surface area contributed by atoms with Crippen molar-refractivity contribution in [3.05, 3.63) is 83.9 Å². The number of aliphatic hydroxyl groups excluding tert-OH is 1. The van der Waals surface area contributed by atoms with Crippen LogP contribution in [0.1, 0.15) is 21.9 Å². The summed E-state index contributed by atoms with van der Waals surface area (Å²) < 4.78 is 7.44. The number of amides is 1. The van der Waals surface area contributed by atoms with E-state index in [1.807, 2.05) is 54.6 Å². The van der Waals surface area contributed by atoms with E-state index in [1.54, 1.807) is 16.7 Å². The van der Waals surface area contributed by atoms with Gasteiger partial charge in [-0.3, -0.25) is 9.36 Å². The molecule has 0 aliphatic carbocycles. The number of hydrogen-bond acceptors (Lipinski definition) is 4. The number of nitrogens with zero attached hydrogens (tertiary/aromatic N) is 2. The molecule has 0 spiro atoms. The van der Waals surface area contributed by atoms with Crippen molar-refractivity contribution >= 4 is 16.9 Å². The highest BCUT2D eigenvalue weighted by Gasteiger charge is 2.17. The van der Waals surface area contributed by atoms with Gasteiger partial charge in [-0.1, -0.05) is 42.5 Å². The topological polar surface area (TPSA) is 80.3 Å². The van der Waals surface area contributed by atoms with Crippen molar-refractivity contribution < 1.29 is 14.3 Å². The van der Waals surface area contributed by atoms with Crippen LogP contribution in [0.25, 0.3) is 16.9 Å². The lowest BCUT2D eigenvalue weighted by Crippen LogP contribution is -2.22. The van der Waals surface area contributed by atoms with Gasteiger partial charge in [0.1, 0.15) is 12.4 Å². The lowest BCUT2D eigenvalue weighted by atomic mass is 10.2. The van der Waals surface area contributed by atoms with E-state index in [1.165, 1.54) is 0 Å². The predicted octanol–water partition coefficient (Wildman–Crippen LogP) is 3.04. The Balaban J connectivity index is 1.59. The molecule has 26 heavy (non-hydrogen) atoms. The summed E-state index contributed by atoms with van der Waals surface area (Å²) in [6, 6.07) is 20.5. The van der Waals surface area contributed by atoms with Crippen molar-refractivity contribution in [1.82, 2.24) is 14.9 Å². The van der Waals surface area contributed by atoms with Crippen molar-refractivity contribution in [1.29, 1.82) is 0 Å². The first-order chi connectivity index (χ1) is 12.8. The maximum atomic E-state index is 12.3. The molecule has 0 aliphatic rings. The summed E-state index contributed by atoms with van der Waals surface area (Å²) in [5.41, 5.74) is 2.57. The molecule has 0 atom stereocenters. The number of nitrogens with one attached hydrogen (secondary N) is 1. The third-order valence-corrected chi connectivity index (χ3v) is 4.10. The largest absolute Gasteiger partial charge is 0.435 e. The van der Waals surface area contributed by atoms with E-state index in [-0.39, 0.29) is 18.3 Å². The smallest absolute Gasteiger partial charge is 0.287 e. The lowest BCUT2D eigenvalue weighted by Gasteiger charge is -2.05. The van der Waals surface area contributed by atoms with Crippen molar-refractivity contribution in [2.24, 2.45) is 0 Å². The molecule has 0 unspecified atom stereocenters. The molecule has 2 aromatic carbocycles. The van der Waals surface area contributed by atoms with E-state index in [0.717, 1.165) is 16.6 Å². The number of hydrogen-bond donors (Lipinski definition) is 2. The van der Waals surface area contributed by atoms with Gasteiger partial charge < -0.3 is 14.8 Å². The monoisotopic (exact) mass is 347 g/mol. The number of aromatic nitrogens is 2. The fraction of sp³-hybridized carbons (Fsp3) is 0.100. The second kappa shape index (κ2) is 6.85. The van der Waals surface area contributed by atoms with Gasteiger partial charge in [-0.05, 0) is 23.8 Å². The highest BCUT2D eigenvalue weighted by atomic mass is 16.4. The Labute approximate surface area is 149 Å². The third-order valence-electron chi connectivity index (χ3n) is 4.10. The van der Waals surface area contributed by atoms with Gasteiger partial charge >= 0.3 is 0 Å². The maximum absolute atomic E-state index is 12.3. The molecule has 6 heteroatoms. The van der Waals surface area contributed by atoms with Gasteiger partial charge in [0.05, 0.1) is 11.0 Å². The Bertz CT molecular complexity index is 1050. The van der Waals surface area contributed by atoms with Crippen molar-refractivity contribution in [2.45, 2.75) is 13.2 Å². The zero-order chi connectivity index (χ0) is 17.9. The summed E-state index contributed by atoms with van der Waals surface area (Å²) >= 11 is 0. The van der Waals surface area contributed by atoms with Crippen LogP contribution in [0.15, 0.2) is 71.1 Å². The van der Waals surface area contributed by atoms with Gasteiger partial charge in [-0.15, -0.1) is 0 Å². The molecule has 2 aromatic heterocycles. The zero-order valence-corrected chi connectivity index (χ0v) is 13.9. The van der Waals surface area contributed by atoms with E-state index < -0.39 is 0 Å². The molecule has 0 radical (unpaired) electrons. The molecular formula is C20H17N3O3. The van der Waals surface area contributed by atoms with Crippen molar-refractivity contribution in [3.8, 4) is 5.88 Å².